The molecule has 0 saturated heterocycles. The third kappa shape index (κ3) is 4.27. The number of amides is 1. The number of nitrogens with zero attached hydrogens (tertiary/aromatic N) is 5. The van der Waals surface area contributed by atoms with Gasteiger partial charge < -0.3 is 14.5 Å². The number of hydrogen-bond acceptors (Lipinski definition) is 8. The Bertz CT molecular complexity index is 2210. The van der Waals surface area contributed by atoms with E-state index >= 15 is 0 Å². The van der Waals surface area contributed by atoms with Crippen LogP contribution < -0.4 is 14.4 Å². The molecule has 216 valence electrons. The average molecular weight is 599 g/mol. The number of anilines is 1. The Kier molecular flexibility index (Phi) is 5.95. The van der Waals surface area contributed by atoms with Crippen LogP contribution in [0.3, 0.4) is 0 Å². The Morgan fingerprint density at radius 3 is 2.63 bits per heavy atom. The highest BCUT2D eigenvalue weighted by atomic mass is 32.2. The SMILES string of the molecule is CNC(=O)c1c(-c2ccc(F)cc2)oc2cc(N(C)S(C)(=O)=O)c(-c3ccc4c(n3)-c3nc5cccnc5n3CO4)cc12. The van der Waals surface area contributed by atoms with E-state index in [4.69, 9.17) is 19.1 Å². The van der Waals surface area contributed by atoms with Gasteiger partial charge in [-0.3, -0.25) is 13.7 Å². The molecule has 1 N–H and O–H groups in total. The second-order valence-corrected chi connectivity index (χ2v) is 12.0. The second kappa shape index (κ2) is 9.63. The van der Waals surface area contributed by atoms with Crippen molar-refractivity contribution in [1.29, 1.82) is 0 Å². The van der Waals surface area contributed by atoms with Crippen molar-refractivity contribution in [2.24, 2.45) is 0 Å². The molecule has 0 radical (unpaired) electrons. The minimum absolute atomic E-state index is 0.210. The Morgan fingerprint density at radius 1 is 1.09 bits per heavy atom. The standard InChI is InChI=1S/C30H23FN6O5S/c1-32-30(38)25-19-13-18(20-10-11-23-26(34-20)29-35-21-5-4-12-33-28(21)37(29)15-41-23)22(36(2)43(3,39)40)14-24(19)42-27(25)16-6-8-17(31)9-7-16/h4-14H,15H2,1-3H3,(H,32,38). The lowest BCUT2D eigenvalue weighted by molar-refractivity contribution is 0.0964. The first kappa shape index (κ1) is 26.6. The van der Waals surface area contributed by atoms with Crippen molar-refractivity contribution in [2.45, 2.75) is 6.73 Å². The normalized spacial score (nSPS) is 12.6. The molecule has 0 aliphatic carbocycles. The molecular formula is C30H23FN6O5S. The fourth-order valence-electron chi connectivity index (χ4n) is 5.20. The molecule has 0 saturated carbocycles. The van der Waals surface area contributed by atoms with Crippen LogP contribution in [-0.4, -0.2) is 54.2 Å². The van der Waals surface area contributed by atoms with E-state index < -0.39 is 21.7 Å². The monoisotopic (exact) mass is 598 g/mol. The predicted octanol–water partition coefficient (Wildman–Crippen LogP) is 4.82. The van der Waals surface area contributed by atoms with Crippen LogP contribution in [0.1, 0.15) is 10.4 Å². The van der Waals surface area contributed by atoms with Crippen molar-refractivity contribution in [3.05, 3.63) is 78.2 Å². The Hall–Kier alpha value is -5.30. The van der Waals surface area contributed by atoms with Crippen molar-refractivity contribution in [3.8, 4) is 39.8 Å². The molecule has 1 aliphatic heterocycles. The molecule has 43 heavy (non-hydrogen) atoms. The Labute approximate surface area is 244 Å². The van der Waals surface area contributed by atoms with E-state index in [9.17, 15) is 17.6 Å². The van der Waals surface area contributed by atoms with Crippen molar-refractivity contribution in [2.75, 3.05) is 24.7 Å². The molecule has 0 spiro atoms. The molecule has 0 bridgehead atoms. The average Bonchev–Trinajstić information content (AvgIpc) is 3.58. The van der Waals surface area contributed by atoms with Crippen LogP contribution in [0.4, 0.5) is 10.1 Å². The van der Waals surface area contributed by atoms with Crippen LogP contribution in [0.5, 0.6) is 5.75 Å². The van der Waals surface area contributed by atoms with Crippen LogP contribution in [0, 0.1) is 5.82 Å². The van der Waals surface area contributed by atoms with Gasteiger partial charge in [0.25, 0.3) is 5.91 Å². The summed E-state index contributed by atoms with van der Waals surface area (Å²) in [7, 11) is -0.805. The zero-order valence-corrected chi connectivity index (χ0v) is 23.9. The van der Waals surface area contributed by atoms with E-state index in [1.807, 2.05) is 10.6 Å². The largest absolute Gasteiger partial charge is 0.470 e. The van der Waals surface area contributed by atoms with E-state index in [2.05, 4.69) is 10.3 Å². The quantitative estimate of drug-likeness (QED) is 0.299. The van der Waals surface area contributed by atoms with E-state index in [1.54, 1.807) is 36.5 Å². The highest BCUT2D eigenvalue weighted by molar-refractivity contribution is 7.92. The van der Waals surface area contributed by atoms with Gasteiger partial charge in [-0.2, -0.15) is 0 Å². The number of rotatable bonds is 5. The zero-order chi connectivity index (χ0) is 30.0. The van der Waals surface area contributed by atoms with Gasteiger partial charge in [-0.25, -0.2) is 27.8 Å². The summed E-state index contributed by atoms with van der Waals surface area (Å²) in [6, 6.07) is 15.9. The molecule has 11 nitrogen and oxygen atoms in total. The third-order valence-electron chi connectivity index (χ3n) is 7.40. The summed E-state index contributed by atoms with van der Waals surface area (Å²) in [5.74, 6) is 0.420. The van der Waals surface area contributed by atoms with Crippen molar-refractivity contribution in [1.82, 2.24) is 24.8 Å². The van der Waals surface area contributed by atoms with Gasteiger partial charge in [0, 0.05) is 42.9 Å². The number of aromatic nitrogens is 4. The summed E-state index contributed by atoms with van der Waals surface area (Å²) in [5.41, 5.74) is 3.86. The van der Waals surface area contributed by atoms with E-state index in [0.29, 0.717) is 50.6 Å². The number of furan rings is 1. The minimum atomic E-state index is -3.73. The van der Waals surface area contributed by atoms with Crippen molar-refractivity contribution < 1.29 is 26.8 Å². The maximum absolute atomic E-state index is 13.7. The van der Waals surface area contributed by atoms with Crippen molar-refractivity contribution >= 4 is 43.8 Å². The number of sulfonamides is 1. The molecule has 2 aromatic carbocycles. The Balaban J connectivity index is 1.49. The minimum Gasteiger partial charge on any atom is -0.470 e. The molecule has 0 fully saturated rings. The van der Waals surface area contributed by atoms with Crippen LogP contribution >= 0.6 is 0 Å². The van der Waals surface area contributed by atoms with Gasteiger partial charge in [0.15, 0.2) is 24.0 Å². The predicted molar refractivity (Wildman–Crippen MR) is 159 cm³/mol. The number of pyridine rings is 2. The highest BCUT2D eigenvalue weighted by Gasteiger charge is 2.28. The smallest absolute Gasteiger partial charge is 0.255 e. The van der Waals surface area contributed by atoms with Gasteiger partial charge in [-0.05, 0) is 54.6 Å². The summed E-state index contributed by atoms with van der Waals surface area (Å²) in [6.07, 6.45) is 2.76. The number of carbonyl (C=O) groups is 1. The highest BCUT2D eigenvalue weighted by Crippen LogP contribution is 2.43. The fourth-order valence-corrected chi connectivity index (χ4v) is 5.71. The molecule has 1 amide bonds. The lowest BCUT2D eigenvalue weighted by atomic mass is 10.0. The van der Waals surface area contributed by atoms with E-state index in [0.717, 1.165) is 10.6 Å². The first-order valence-electron chi connectivity index (χ1n) is 13.1. The number of fused-ring (bicyclic) bond motifs is 6. The molecule has 6 aromatic rings. The number of hydrogen-bond donors (Lipinski definition) is 1. The maximum atomic E-state index is 13.7. The molecule has 0 unspecified atom stereocenters. The van der Waals surface area contributed by atoms with E-state index in [1.165, 1.54) is 38.4 Å². The molecule has 7 rings (SSSR count). The summed E-state index contributed by atoms with van der Waals surface area (Å²) < 4.78 is 54.3. The van der Waals surface area contributed by atoms with Crippen LogP contribution in [0.2, 0.25) is 0 Å². The molecular weight excluding hydrogens is 575 g/mol. The van der Waals surface area contributed by atoms with Gasteiger partial charge in [0.05, 0.1) is 23.2 Å². The summed E-state index contributed by atoms with van der Waals surface area (Å²) in [6.45, 7) is 0.210. The fraction of sp³-hybridized carbons (Fsp3) is 0.133. The van der Waals surface area contributed by atoms with Gasteiger partial charge in [-0.1, -0.05) is 0 Å². The Morgan fingerprint density at radius 2 is 1.88 bits per heavy atom. The van der Waals surface area contributed by atoms with Gasteiger partial charge in [0.1, 0.15) is 28.4 Å². The van der Waals surface area contributed by atoms with Crippen LogP contribution in [-0.2, 0) is 16.8 Å². The number of halogens is 1. The molecule has 4 aromatic heterocycles. The first-order valence-corrected chi connectivity index (χ1v) is 15.0. The van der Waals surface area contributed by atoms with Crippen molar-refractivity contribution in [3.63, 3.8) is 0 Å². The van der Waals surface area contributed by atoms with Gasteiger partial charge >= 0.3 is 0 Å². The number of imidazole rings is 1. The summed E-state index contributed by atoms with van der Waals surface area (Å²) >= 11 is 0. The topological polar surface area (TPSA) is 132 Å². The number of ether oxygens (including phenoxy) is 1. The molecule has 13 heteroatoms. The third-order valence-corrected chi connectivity index (χ3v) is 8.59. The second-order valence-electron chi connectivity index (χ2n) is 10.0. The molecule has 0 atom stereocenters. The maximum Gasteiger partial charge on any atom is 0.255 e. The number of benzene rings is 2. The first-order chi connectivity index (χ1) is 20.6. The number of nitrogens with one attached hydrogen (secondary N) is 1. The molecule has 5 heterocycles. The van der Waals surface area contributed by atoms with E-state index in [-0.39, 0.29) is 29.3 Å². The van der Waals surface area contributed by atoms with Crippen LogP contribution in [0.15, 0.2) is 71.3 Å². The van der Waals surface area contributed by atoms with Gasteiger partial charge in [-0.15, -0.1) is 0 Å². The lowest BCUT2D eigenvalue weighted by Crippen LogP contribution is -2.25. The summed E-state index contributed by atoms with van der Waals surface area (Å²) in [5, 5.41) is 3.06. The van der Waals surface area contributed by atoms with Crippen LogP contribution in [0.25, 0.3) is 56.2 Å². The van der Waals surface area contributed by atoms with Gasteiger partial charge in [0.2, 0.25) is 10.0 Å². The molecule has 1 aliphatic rings. The zero-order valence-electron chi connectivity index (χ0n) is 23.1. The number of carbonyl (C=O) groups excluding carboxylic acids is 1. The summed E-state index contributed by atoms with van der Waals surface area (Å²) in [4.78, 5) is 27.2. The lowest BCUT2D eigenvalue weighted by Gasteiger charge is -2.22.